The summed E-state index contributed by atoms with van der Waals surface area (Å²) >= 11 is 0. The van der Waals surface area contributed by atoms with E-state index in [-0.39, 0.29) is 23.4 Å². The molecule has 0 spiro atoms. The van der Waals surface area contributed by atoms with Gasteiger partial charge in [-0.15, -0.1) is 0 Å². The van der Waals surface area contributed by atoms with Crippen molar-refractivity contribution in [1.29, 1.82) is 0 Å². The van der Waals surface area contributed by atoms with Crippen molar-refractivity contribution >= 4 is 11.9 Å². The molecule has 2 aromatic carbocycles. The molecule has 1 aliphatic carbocycles. The second kappa shape index (κ2) is 6.97. The molecule has 5 heteroatoms. The zero-order valence-electron chi connectivity index (χ0n) is 14.1. The molecular formula is C20H21NO4. The minimum atomic E-state index is -0.992. The van der Waals surface area contributed by atoms with Crippen LogP contribution in [0.3, 0.4) is 0 Å². The maximum atomic E-state index is 12.5. The summed E-state index contributed by atoms with van der Waals surface area (Å²) in [6.45, 7) is 0. The number of hydrogen-bond acceptors (Lipinski definition) is 3. The number of nitrogens with one attached hydrogen (secondary N) is 1. The Kier molecular flexibility index (Phi) is 4.74. The van der Waals surface area contributed by atoms with Crippen LogP contribution < -0.4 is 10.1 Å². The number of amides is 1. The van der Waals surface area contributed by atoms with E-state index in [0.29, 0.717) is 5.56 Å². The van der Waals surface area contributed by atoms with Gasteiger partial charge >= 0.3 is 5.97 Å². The van der Waals surface area contributed by atoms with Gasteiger partial charge in [0.15, 0.2) is 0 Å². The van der Waals surface area contributed by atoms with Gasteiger partial charge in [-0.3, -0.25) is 4.79 Å². The van der Waals surface area contributed by atoms with E-state index >= 15 is 0 Å². The SMILES string of the molecule is COc1cccc(C2(NC(=O)Cc3cccc(C(=O)O)c3)CCC2)c1. The molecule has 1 amide bonds. The lowest BCUT2D eigenvalue weighted by Gasteiger charge is -2.43. The van der Waals surface area contributed by atoms with Gasteiger partial charge in [-0.2, -0.15) is 0 Å². The molecule has 1 saturated carbocycles. The van der Waals surface area contributed by atoms with Gasteiger partial charge in [0.2, 0.25) is 5.91 Å². The third-order valence-corrected chi connectivity index (χ3v) is 4.75. The Morgan fingerprint density at radius 3 is 2.56 bits per heavy atom. The van der Waals surface area contributed by atoms with Crippen LogP contribution in [0.2, 0.25) is 0 Å². The maximum Gasteiger partial charge on any atom is 0.335 e. The number of carboxylic acid groups (broad SMARTS) is 1. The average molecular weight is 339 g/mol. The number of carbonyl (C=O) groups excluding carboxylic acids is 1. The summed E-state index contributed by atoms with van der Waals surface area (Å²) in [4.78, 5) is 23.6. The zero-order valence-corrected chi connectivity index (χ0v) is 14.1. The fourth-order valence-corrected chi connectivity index (χ4v) is 3.25. The van der Waals surface area contributed by atoms with E-state index in [2.05, 4.69) is 5.32 Å². The molecule has 0 saturated heterocycles. The van der Waals surface area contributed by atoms with Gasteiger partial charge in [-0.1, -0.05) is 24.3 Å². The van der Waals surface area contributed by atoms with E-state index in [9.17, 15) is 9.59 Å². The van der Waals surface area contributed by atoms with Crippen molar-refractivity contribution in [3.63, 3.8) is 0 Å². The highest BCUT2D eigenvalue weighted by Crippen LogP contribution is 2.42. The van der Waals surface area contributed by atoms with Gasteiger partial charge in [0.25, 0.3) is 0 Å². The minimum Gasteiger partial charge on any atom is -0.497 e. The molecule has 0 unspecified atom stereocenters. The van der Waals surface area contributed by atoms with Crippen LogP contribution in [-0.4, -0.2) is 24.1 Å². The third kappa shape index (κ3) is 3.65. The van der Waals surface area contributed by atoms with Gasteiger partial charge in [-0.05, 0) is 54.7 Å². The summed E-state index contributed by atoms with van der Waals surface area (Å²) in [5.41, 5.74) is 1.58. The van der Waals surface area contributed by atoms with Crippen molar-refractivity contribution in [1.82, 2.24) is 5.32 Å². The van der Waals surface area contributed by atoms with Crippen LogP contribution in [0.25, 0.3) is 0 Å². The Labute approximate surface area is 146 Å². The van der Waals surface area contributed by atoms with Crippen LogP contribution in [0.1, 0.15) is 40.7 Å². The topological polar surface area (TPSA) is 75.6 Å². The second-order valence-electron chi connectivity index (χ2n) is 6.40. The molecule has 2 N–H and O–H groups in total. The number of ether oxygens (including phenoxy) is 1. The average Bonchev–Trinajstić information content (AvgIpc) is 2.58. The largest absolute Gasteiger partial charge is 0.497 e. The van der Waals surface area contributed by atoms with Crippen molar-refractivity contribution in [2.75, 3.05) is 7.11 Å². The van der Waals surface area contributed by atoms with E-state index in [1.165, 1.54) is 6.07 Å². The molecule has 25 heavy (non-hydrogen) atoms. The van der Waals surface area contributed by atoms with Crippen LogP contribution in [-0.2, 0) is 16.8 Å². The van der Waals surface area contributed by atoms with E-state index < -0.39 is 5.97 Å². The van der Waals surface area contributed by atoms with Crippen LogP contribution in [0.4, 0.5) is 0 Å². The standard InChI is InChI=1S/C20H21NO4/c1-25-17-8-3-7-16(13-17)20(9-4-10-20)21-18(22)12-14-5-2-6-15(11-14)19(23)24/h2-3,5-8,11,13H,4,9-10,12H2,1H3,(H,21,22)(H,23,24). The highest BCUT2D eigenvalue weighted by Gasteiger charge is 2.40. The number of methoxy groups -OCH3 is 1. The minimum absolute atomic E-state index is 0.106. The number of rotatable bonds is 6. The molecule has 1 fully saturated rings. The Bertz CT molecular complexity index is 796. The van der Waals surface area contributed by atoms with Crippen LogP contribution in [0.15, 0.2) is 48.5 Å². The van der Waals surface area contributed by atoms with Gasteiger partial charge in [0, 0.05) is 0 Å². The van der Waals surface area contributed by atoms with E-state index in [1.807, 2.05) is 24.3 Å². The molecule has 0 atom stereocenters. The zero-order chi connectivity index (χ0) is 17.9. The van der Waals surface area contributed by atoms with Crippen molar-refractivity contribution in [2.45, 2.75) is 31.2 Å². The van der Waals surface area contributed by atoms with E-state index in [4.69, 9.17) is 9.84 Å². The summed E-state index contributed by atoms with van der Waals surface area (Å²) < 4.78 is 5.29. The number of aromatic carboxylic acids is 1. The Balaban J connectivity index is 1.74. The fraction of sp³-hybridized carbons (Fsp3) is 0.300. The lowest BCUT2D eigenvalue weighted by molar-refractivity contribution is -0.123. The van der Waals surface area contributed by atoms with Crippen LogP contribution in [0.5, 0.6) is 5.75 Å². The first-order chi connectivity index (χ1) is 12.0. The first-order valence-corrected chi connectivity index (χ1v) is 8.30. The number of carbonyl (C=O) groups is 2. The highest BCUT2D eigenvalue weighted by atomic mass is 16.5. The molecule has 0 bridgehead atoms. The maximum absolute atomic E-state index is 12.5. The lowest BCUT2D eigenvalue weighted by atomic mass is 9.71. The van der Waals surface area contributed by atoms with Gasteiger partial charge in [-0.25, -0.2) is 4.79 Å². The molecule has 130 valence electrons. The fourth-order valence-electron chi connectivity index (χ4n) is 3.25. The van der Waals surface area contributed by atoms with E-state index in [1.54, 1.807) is 25.3 Å². The molecule has 0 aliphatic heterocycles. The summed E-state index contributed by atoms with van der Waals surface area (Å²) in [5, 5.41) is 12.2. The molecular weight excluding hydrogens is 318 g/mol. The van der Waals surface area contributed by atoms with Gasteiger partial charge in [0.05, 0.1) is 24.6 Å². The summed E-state index contributed by atoms with van der Waals surface area (Å²) in [6, 6.07) is 14.3. The highest BCUT2D eigenvalue weighted by molar-refractivity contribution is 5.88. The smallest absolute Gasteiger partial charge is 0.335 e. The molecule has 0 radical (unpaired) electrons. The van der Waals surface area contributed by atoms with Crippen molar-refractivity contribution in [3.8, 4) is 5.75 Å². The van der Waals surface area contributed by atoms with Crippen molar-refractivity contribution in [2.24, 2.45) is 0 Å². The molecule has 1 aliphatic rings. The summed E-state index contributed by atoms with van der Waals surface area (Å²) in [7, 11) is 1.63. The Hall–Kier alpha value is -2.82. The van der Waals surface area contributed by atoms with Crippen LogP contribution >= 0.6 is 0 Å². The summed E-state index contributed by atoms with van der Waals surface area (Å²) in [5.74, 6) is -0.327. The predicted molar refractivity (Wildman–Crippen MR) is 93.8 cm³/mol. The number of carboxylic acids is 1. The Morgan fingerprint density at radius 2 is 1.92 bits per heavy atom. The second-order valence-corrected chi connectivity index (χ2v) is 6.40. The lowest BCUT2D eigenvalue weighted by Crippen LogP contribution is -2.51. The van der Waals surface area contributed by atoms with E-state index in [0.717, 1.165) is 30.6 Å². The first kappa shape index (κ1) is 17.0. The van der Waals surface area contributed by atoms with Gasteiger partial charge in [0.1, 0.15) is 5.75 Å². The molecule has 5 nitrogen and oxygen atoms in total. The normalized spacial score (nSPS) is 15.1. The number of benzene rings is 2. The van der Waals surface area contributed by atoms with Crippen LogP contribution in [0, 0.1) is 0 Å². The molecule has 0 aromatic heterocycles. The first-order valence-electron chi connectivity index (χ1n) is 8.30. The molecule has 2 aromatic rings. The predicted octanol–water partition coefficient (Wildman–Crippen LogP) is 3.13. The number of hydrogen-bond donors (Lipinski definition) is 2. The summed E-state index contributed by atoms with van der Waals surface area (Å²) in [6.07, 6.45) is 3.00. The van der Waals surface area contributed by atoms with Gasteiger partial charge < -0.3 is 15.2 Å². The molecule has 3 rings (SSSR count). The third-order valence-electron chi connectivity index (χ3n) is 4.75. The Morgan fingerprint density at radius 1 is 1.16 bits per heavy atom. The van der Waals surface area contributed by atoms with Crippen molar-refractivity contribution in [3.05, 3.63) is 65.2 Å². The quantitative estimate of drug-likeness (QED) is 0.848. The van der Waals surface area contributed by atoms with Crippen molar-refractivity contribution < 1.29 is 19.4 Å². The monoisotopic (exact) mass is 339 g/mol. The molecule has 0 heterocycles.